The van der Waals surface area contributed by atoms with Crippen molar-refractivity contribution in [3.63, 3.8) is 0 Å². The second-order valence-electron chi connectivity index (χ2n) is 2.96. The Morgan fingerprint density at radius 3 is 2.80 bits per heavy atom. The normalized spacial score (nSPS) is 15.3. The standard InChI is InChI=1S/C10H11/c1-8-5-6-9-3-2-4-10(9)7-8/h5-7H,1-4H2. The zero-order valence-corrected chi connectivity index (χ0v) is 6.06. The van der Waals surface area contributed by atoms with Gasteiger partial charge in [0.1, 0.15) is 0 Å². The van der Waals surface area contributed by atoms with E-state index in [1.54, 1.807) is 0 Å². The van der Waals surface area contributed by atoms with Gasteiger partial charge in [0.05, 0.1) is 0 Å². The lowest BCUT2D eigenvalue weighted by atomic mass is 10.1. The maximum absolute atomic E-state index is 3.90. The third kappa shape index (κ3) is 0.841. The Kier molecular flexibility index (Phi) is 1.26. The minimum Gasteiger partial charge on any atom is -0.0587 e. The van der Waals surface area contributed by atoms with Crippen molar-refractivity contribution in [3.8, 4) is 0 Å². The van der Waals surface area contributed by atoms with E-state index in [1.807, 2.05) is 0 Å². The Morgan fingerprint density at radius 2 is 1.90 bits per heavy atom. The van der Waals surface area contributed by atoms with Crippen LogP contribution in [0.2, 0.25) is 0 Å². The van der Waals surface area contributed by atoms with E-state index >= 15 is 0 Å². The summed E-state index contributed by atoms with van der Waals surface area (Å²) >= 11 is 0. The van der Waals surface area contributed by atoms with Crippen LogP contribution in [0.5, 0.6) is 0 Å². The van der Waals surface area contributed by atoms with Crippen LogP contribution in [0.4, 0.5) is 0 Å². The topological polar surface area (TPSA) is 0 Å². The van der Waals surface area contributed by atoms with Crippen LogP contribution in [0.25, 0.3) is 0 Å². The second-order valence-corrected chi connectivity index (χ2v) is 2.96. The van der Waals surface area contributed by atoms with E-state index in [0.29, 0.717) is 0 Å². The van der Waals surface area contributed by atoms with Crippen LogP contribution in [0.1, 0.15) is 23.1 Å². The molecule has 0 amide bonds. The first-order valence-corrected chi connectivity index (χ1v) is 3.80. The van der Waals surface area contributed by atoms with Crippen molar-refractivity contribution in [1.29, 1.82) is 0 Å². The first-order valence-electron chi connectivity index (χ1n) is 3.80. The van der Waals surface area contributed by atoms with Crippen LogP contribution >= 0.6 is 0 Å². The fourth-order valence-electron chi connectivity index (χ4n) is 1.63. The average molecular weight is 131 g/mol. The largest absolute Gasteiger partial charge is 0.0587 e. The van der Waals surface area contributed by atoms with Gasteiger partial charge in [0, 0.05) is 0 Å². The molecule has 0 spiro atoms. The molecule has 1 radical (unpaired) electrons. The lowest BCUT2D eigenvalue weighted by molar-refractivity contribution is 0.911. The van der Waals surface area contributed by atoms with Gasteiger partial charge in [-0.05, 0) is 42.9 Å². The molecular formula is C10H11. The van der Waals surface area contributed by atoms with Crippen molar-refractivity contribution in [3.05, 3.63) is 41.8 Å². The summed E-state index contributed by atoms with van der Waals surface area (Å²) < 4.78 is 0. The fraction of sp³-hybridized carbons (Fsp3) is 0.300. The molecule has 51 valence electrons. The van der Waals surface area contributed by atoms with Crippen LogP contribution < -0.4 is 0 Å². The molecule has 0 heterocycles. The van der Waals surface area contributed by atoms with Crippen LogP contribution in [0.3, 0.4) is 0 Å². The van der Waals surface area contributed by atoms with Crippen molar-refractivity contribution in [2.45, 2.75) is 19.3 Å². The zero-order valence-electron chi connectivity index (χ0n) is 6.06. The molecule has 0 saturated carbocycles. The highest BCUT2D eigenvalue weighted by atomic mass is 14.1. The molecule has 1 aliphatic rings. The van der Waals surface area contributed by atoms with Gasteiger partial charge in [-0.2, -0.15) is 0 Å². The van der Waals surface area contributed by atoms with E-state index in [9.17, 15) is 0 Å². The van der Waals surface area contributed by atoms with Crippen molar-refractivity contribution in [1.82, 2.24) is 0 Å². The minimum absolute atomic E-state index is 1.15. The smallest absolute Gasteiger partial charge is 0.0238 e. The van der Waals surface area contributed by atoms with Gasteiger partial charge in [-0.1, -0.05) is 18.2 Å². The molecule has 0 unspecified atom stereocenters. The minimum atomic E-state index is 1.15. The highest BCUT2D eigenvalue weighted by Gasteiger charge is 2.08. The number of hydrogen-bond donors (Lipinski definition) is 0. The van der Waals surface area contributed by atoms with Crippen molar-refractivity contribution >= 4 is 0 Å². The summed E-state index contributed by atoms with van der Waals surface area (Å²) in [5.74, 6) is 0. The monoisotopic (exact) mass is 131 g/mol. The van der Waals surface area contributed by atoms with Crippen LogP contribution in [-0.2, 0) is 12.8 Å². The Balaban J connectivity index is 2.52. The molecule has 0 aliphatic heterocycles. The molecule has 2 rings (SSSR count). The third-order valence-corrected chi connectivity index (χ3v) is 2.16. The summed E-state index contributed by atoms with van der Waals surface area (Å²) in [5.41, 5.74) is 4.21. The lowest BCUT2D eigenvalue weighted by Gasteiger charge is -1.98. The number of benzene rings is 1. The molecule has 0 nitrogen and oxygen atoms in total. The second kappa shape index (κ2) is 2.12. The van der Waals surface area contributed by atoms with Crippen molar-refractivity contribution in [2.24, 2.45) is 0 Å². The average Bonchev–Trinajstić information content (AvgIpc) is 2.33. The van der Waals surface area contributed by atoms with E-state index in [4.69, 9.17) is 0 Å². The summed E-state index contributed by atoms with van der Waals surface area (Å²) in [7, 11) is 0. The number of fused-ring (bicyclic) bond motifs is 1. The van der Waals surface area contributed by atoms with Gasteiger partial charge in [-0.3, -0.25) is 0 Å². The molecule has 1 aromatic carbocycles. The maximum atomic E-state index is 3.90. The van der Waals surface area contributed by atoms with E-state index < -0.39 is 0 Å². The van der Waals surface area contributed by atoms with Gasteiger partial charge < -0.3 is 0 Å². The van der Waals surface area contributed by atoms with Crippen LogP contribution in [0.15, 0.2) is 18.2 Å². The number of aryl methyl sites for hydroxylation is 2. The Bertz CT molecular complexity index is 248. The van der Waals surface area contributed by atoms with Gasteiger partial charge in [-0.25, -0.2) is 0 Å². The molecule has 1 aliphatic carbocycles. The predicted octanol–water partition coefficient (Wildman–Crippen LogP) is 2.36. The van der Waals surface area contributed by atoms with E-state index in [2.05, 4.69) is 25.1 Å². The van der Waals surface area contributed by atoms with Gasteiger partial charge in [0.25, 0.3) is 0 Å². The third-order valence-electron chi connectivity index (χ3n) is 2.16. The highest BCUT2D eigenvalue weighted by Crippen LogP contribution is 2.22. The first kappa shape index (κ1) is 5.96. The highest BCUT2D eigenvalue weighted by molar-refractivity contribution is 5.36. The molecule has 0 fully saturated rings. The number of rotatable bonds is 0. The van der Waals surface area contributed by atoms with Gasteiger partial charge in [-0.15, -0.1) is 0 Å². The van der Waals surface area contributed by atoms with E-state index in [0.717, 1.165) is 5.56 Å². The van der Waals surface area contributed by atoms with E-state index in [-0.39, 0.29) is 0 Å². The van der Waals surface area contributed by atoms with Crippen LogP contribution in [-0.4, -0.2) is 0 Å². The summed E-state index contributed by atoms with van der Waals surface area (Å²) in [5, 5.41) is 0. The summed E-state index contributed by atoms with van der Waals surface area (Å²) in [6.07, 6.45) is 3.87. The van der Waals surface area contributed by atoms with Crippen molar-refractivity contribution in [2.75, 3.05) is 0 Å². The molecular weight excluding hydrogens is 120 g/mol. The van der Waals surface area contributed by atoms with E-state index in [1.165, 1.54) is 30.4 Å². The molecule has 0 atom stereocenters. The molecule has 0 heteroatoms. The van der Waals surface area contributed by atoms with Crippen molar-refractivity contribution < 1.29 is 0 Å². The number of hydrogen-bond acceptors (Lipinski definition) is 0. The Hall–Kier alpha value is -0.780. The van der Waals surface area contributed by atoms with Gasteiger partial charge in [0.2, 0.25) is 0 Å². The quantitative estimate of drug-likeness (QED) is 0.507. The Labute approximate surface area is 61.9 Å². The molecule has 0 aromatic heterocycles. The Morgan fingerprint density at radius 1 is 1.10 bits per heavy atom. The lowest BCUT2D eigenvalue weighted by Crippen LogP contribution is -1.81. The fourth-order valence-corrected chi connectivity index (χ4v) is 1.63. The SMILES string of the molecule is [CH2]c1ccc2c(c1)CCC2. The maximum Gasteiger partial charge on any atom is -0.0238 e. The first-order chi connectivity index (χ1) is 4.86. The van der Waals surface area contributed by atoms with Crippen LogP contribution in [0, 0.1) is 6.92 Å². The van der Waals surface area contributed by atoms with Gasteiger partial charge >= 0.3 is 0 Å². The molecule has 1 aromatic rings. The molecule has 0 N–H and O–H groups in total. The molecule has 0 bridgehead atoms. The summed E-state index contributed by atoms with van der Waals surface area (Å²) in [4.78, 5) is 0. The molecule has 10 heavy (non-hydrogen) atoms. The van der Waals surface area contributed by atoms with Gasteiger partial charge in [0.15, 0.2) is 0 Å². The summed E-state index contributed by atoms with van der Waals surface area (Å²) in [6.45, 7) is 3.90. The predicted molar refractivity (Wildman–Crippen MR) is 42.9 cm³/mol. The zero-order chi connectivity index (χ0) is 6.97. The summed E-state index contributed by atoms with van der Waals surface area (Å²) in [6, 6.07) is 6.52. The molecule has 0 saturated heterocycles.